The van der Waals surface area contributed by atoms with E-state index < -0.39 is 5.82 Å². The third-order valence-electron chi connectivity index (χ3n) is 2.49. The summed E-state index contributed by atoms with van der Waals surface area (Å²) < 4.78 is 18.2. The van der Waals surface area contributed by atoms with Gasteiger partial charge in [-0.3, -0.25) is 4.79 Å². The van der Waals surface area contributed by atoms with Gasteiger partial charge in [0.15, 0.2) is 5.78 Å². The monoisotopic (exact) mass is 264 g/mol. The lowest BCUT2D eigenvalue weighted by atomic mass is 10.0. The number of rotatable bonds is 3. The van der Waals surface area contributed by atoms with E-state index in [9.17, 15) is 9.18 Å². The van der Waals surface area contributed by atoms with Gasteiger partial charge in [-0.15, -0.1) is 0 Å². The van der Waals surface area contributed by atoms with E-state index in [2.05, 4.69) is 0 Å². The minimum atomic E-state index is -0.457. The summed E-state index contributed by atoms with van der Waals surface area (Å²) in [5.41, 5.74) is 0.575. The Hall–Kier alpha value is -1.87. The molecule has 0 aromatic heterocycles. The zero-order valence-electron chi connectivity index (χ0n) is 9.61. The van der Waals surface area contributed by atoms with E-state index in [-0.39, 0.29) is 11.3 Å². The average Bonchev–Trinajstić information content (AvgIpc) is 2.38. The zero-order valence-corrected chi connectivity index (χ0v) is 10.4. The van der Waals surface area contributed by atoms with E-state index >= 15 is 0 Å². The van der Waals surface area contributed by atoms with E-state index in [0.717, 1.165) is 0 Å². The van der Waals surface area contributed by atoms with Gasteiger partial charge in [-0.25, -0.2) is 4.39 Å². The standard InChI is InChI=1S/C14H10ClFO2/c1-18-13-6-5-10(15)8-12(13)14(17)9-3-2-4-11(16)7-9/h2-8H,1H3. The fourth-order valence-electron chi connectivity index (χ4n) is 1.64. The summed E-state index contributed by atoms with van der Waals surface area (Å²) in [5.74, 6) is -0.371. The summed E-state index contributed by atoms with van der Waals surface area (Å²) in [6, 6.07) is 10.2. The highest BCUT2D eigenvalue weighted by molar-refractivity contribution is 6.31. The predicted octanol–water partition coefficient (Wildman–Crippen LogP) is 3.72. The van der Waals surface area contributed by atoms with Crippen LogP contribution in [0.3, 0.4) is 0 Å². The maximum Gasteiger partial charge on any atom is 0.196 e. The Morgan fingerprint density at radius 1 is 1.22 bits per heavy atom. The first kappa shape index (κ1) is 12.6. The van der Waals surface area contributed by atoms with Crippen molar-refractivity contribution in [1.29, 1.82) is 0 Å². The Labute approximate surface area is 109 Å². The van der Waals surface area contributed by atoms with Crippen molar-refractivity contribution in [3.63, 3.8) is 0 Å². The highest BCUT2D eigenvalue weighted by atomic mass is 35.5. The molecule has 0 spiro atoms. The highest BCUT2D eigenvalue weighted by Crippen LogP contribution is 2.25. The van der Waals surface area contributed by atoms with Crippen molar-refractivity contribution in [2.24, 2.45) is 0 Å². The molecule has 0 aliphatic carbocycles. The molecular formula is C14H10ClFO2. The molecule has 0 heterocycles. The first-order valence-corrected chi connectivity index (χ1v) is 5.63. The lowest BCUT2D eigenvalue weighted by Crippen LogP contribution is -2.04. The zero-order chi connectivity index (χ0) is 13.1. The molecule has 18 heavy (non-hydrogen) atoms. The molecule has 0 atom stereocenters. The number of ether oxygens (including phenoxy) is 1. The van der Waals surface area contributed by atoms with E-state index in [4.69, 9.17) is 16.3 Å². The van der Waals surface area contributed by atoms with Crippen LogP contribution in [0.1, 0.15) is 15.9 Å². The molecular weight excluding hydrogens is 255 g/mol. The summed E-state index contributed by atoms with van der Waals surface area (Å²) in [7, 11) is 1.46. The van der Waals surface area contributed by atoms with Gasteiger partial charge in [0, 0.05) is 10.6 Å². The molecule has 92 valence electrons. The second kappa shape index (κ2) is 5.19. The molecule has 2 aromatic rings. The van der Waals surface area contributed by atoms with Gasteiger partial charge in [0.25, 0.3) is 0 Å². The fourth-order valence-corrected chi connectivity index (χ4v) is 1.81. The minimum Gasteiger partial charge on any atom is -0.496 e. The SMILES string of the molecule is COc1ccc(Cl)cc1C(=O)c1cccc(F)c1. The van der Waals surface area contributed by atoms with Gasteiger partial charge in [0.05, 0.1) is 12.7 Å². The number of carbonyl (C=O) groups excluding carboxylic acids is 1. The van der Waals surface area contributed by atoms with Gasteiger partial charge >= 0.3 is 0 Å². The fraction of sp³-hybridized carbons (Fsp3) is 0.0714. The van der Waals surface area contributed by atoms with Crippen molar-refractivity contribution in [3.05, 3.63) is 64.4 Å². The second-order valence-electron chi connectivity index (χ2n) is 3.68. The molecule has 2 rings (SSSR count). The Morgan fingerprint density at radius 3 is 2.67 bits per heavy atom. The summed E-state index contributed by atoms with van der Waals surface area (Å²) in [6.45, 7) is 0. The van der Waals surface area contributed by atoms with E-state index in [1.807, 2.05) is 0 Å². The van der Waals surface area contributed by atoms with Crippen molar-refractivity contribution in [2.75, 3.05) is 7.11 Å². The van der Waals surface area contributed by atoms with Crippen LogP contribution in [-0.4, -0.2) is 12.9 Å². The van der Waals surface area contributed by atoms with Crippen LogP contribution in [0, 0.1) is 5.82 Å². The quantitative estimate of drug-likeness (QED) is 0.790. The molecule has 0 saturated heterocycles. The molecule has 2 aromatic carbocycles. The molecule has 0 N–H and O–H groups in total. The van der Waals surface area contributed by atoms with Gasteiger partial charge in [0.1, 0.15) is 11.6 Å². The maximum absolute atomic E-state index is 13.1. The minimum absolute atomic E-state index is 0.260. The number of benzene rings is 2. The van der Waals surface area contributed by atoms with Crippen molar-refractivity contribution in [2.45, 2.75) is 0 Å². The normalized spacial score (nSPS) is 10.2. The molecule has 0 aliphatic heterocycles. The van der Waals surface area contributed by atoms with Gasteiger partial charge in [-0.1, -0.05) is 23.7 Å². The van der Waals surface area contributed by atoms with E-state index in [1.165, 1.54) is 31.4 Å². The van der Waals surface area contributed by atoms with Crippen LogP contribution >= 0.6 is 11.6 Å². The number of ketones is 1. The Morgan fingerprint density at radius 2 is 2.00 bits per heavy atom. The third-order valence-corrected chi connectivity index (χ3v) is 2.73. The van der Waals surface area contributed by atoms with Crippen molar-refractivity contribution in [3.8, 4) is 5.75 Å². The molecule has 4 heteroatoms. The van der Waals surface area contributed by atoms with Gasteiger partial charge in [0.2, 0.25) is 0 Å². The van der Waals surface area contributed by atoms with Crippen LogP contribution in [0.15, 0.2) is 42.5 Å². The molecule has 0 aliphatic rings. The van der Waals surface area contributed by atoms with Gasteiger partial charge in [-0.05, 0) is 30.3 Å². The number of carbonyl (C=O) groups is 1. The molecule has 0 unspecified atom stereocenters. The third kappa shape index (κ3) is 2.51. The average molecular weight is 265 g/mol. The first-order valence-electron chi connectivity index (χ1n) is 5.25. The lowest BCUT2D eigenvalue weighted by Gasteiger charge is -2.08. The number of halogens is 2. The summed E-state index contributed by atoms with van der Waals surface area (Å²) in [5, 5.41) is 0.426. The maximum atomic E-state index is 13.1. The Kier molecular flexibility index (Phi) is 3.63. The van der Waals surface area contributed by atoms with Crippen molar-refractivity contribution >= 4 is 17.4 Å². The van der Waals surface area contributed by atoms with Crippen LogP contribution in [0.2, 0.25) is 5.02 Å². The first-order chi connectivity index (χ1) is 8.61. The number of hydrogen-bond donors (Lipinski definition) is 0. The molecule has 0 amide bonds. The van der Waals surface area contributed by atoms with Gasteiger partial charge < -0.3 is 4.74 Å². The van der Waals surface area contributed by atoms with E-state index in [0.29, 0.717) is 16.3 Å². The van der Waals surface area contributed by atoms with Crippen molar-refractivity contribution in [1.82, 2.24) is 0 Å². The molecule has 0 fully saturated rings. The molecule has 0 radical (unpaired) electrons. The summed E-state index contributed by atoms with van der Waals surface area (Å²) >= 11 is 5.85. The van der Waals surface area contributed by atoms with E-state index in [1.54, 1.807) is 18.2 Å². The topological polar surface area (TPSA) is 26.3 Å². The van der Waals surface area contributed by atoms with Crippen LogP contribution in [0.4, 0.5) is 4.39 Å². The largest absolute Gasteiger partial charge is 0.496 e. The van der Waals surface area contributed by atoms with Crippen LogP contribution in [0.5, 0.6) is 5.75 Å². The lowest BCUT2D eigenvalue weighted by molar-refractivity contribution is 0.103. The molecule has 0 saturated carbocycles. The summed E-state index contributed by atoms with van der Waals surface area (Å²) in [6.07, 6.45) is 0. The van der Waals surface area contributed by atoms with Crippen LogP contribution < -0.4 is 4.74 Å². The predicted molar refractivity (Wildman–Crippen MR) is 67.8 cm³/mol. The van der Waals surface area contributed by atoms with Crippen LogP contribution in [-0.2, 0) is 0 Å². The second-order valence-corrected chi connectivity index (χ2v) is 4.12. The number of methoxy groups -OCH3 is 1. The highest BCUT2D eigenvalue weighted by Gasteiger charge is 2.15. The van der Waals surface area contributed by atoms with Crippen LogP contribution in [0.25, 0.3) is 0 Å². The number of hydrogen-bond acceptors (Lipinski definition) is 2. The van der Waals surface area contributed by atoms with Crippen molar-refractivity contribution < 1.29 is 13.9 Å². The molecule has 0 bridgehead atoms. The Balaban J connectivity index is 2.48. The Bertz CT molecular complexity index is 596. The smallest absolute Gasteiger partial charge is 0.196 e. The summed E-state index contributed by atoms with van der Waals surface area (Å²) in [4.78, 5) is 12.2. The van der Waals surface area contributed by atoms with Gasteiger partial charge in [-0.2, -0.15) is 0 Å². The molecule has 2 nitrogen and oxygen atoms in total.